The molecule has 0 unspecified atom stereocenters. The van der Waals surface area contributed by atoms with E-state index in [0.717, 1.165) is 14.4 Å². The summed E-state index contributed by atoms with van der Waals surface area (Å²) in [7, 11) is 0. The first-order valence-electron chi connectivity index (χ1n) is 8.20. The zero-order valence-electron chi connectivity index (χ0n) is 13.7. The Labute approximate surface area is 159 Å². The summed E-state index contributed by atoms with van der Waals surface area (Å²) in [5.41, 5.74) is 0.816. The second-order valence-electron chi connectivity index (χ2n) is 5.93. The Kier molecular flexibility index (Phi) is 6.04. The predicted octanol–water partition coefficient (Wildman–Crippen LogP) is 4.40. The number of carbonyl (C=O) groups is 2. The maximum atomic E-state index is 12.3. The van der Waals surface area contributed by atoms with Gasteiger partial charge in [0.25, 0.3) is 0 Å². The summed E-state index contributed by atoms with van der Waals surface area (Å²) in [6.45, 7) is 1.23. The average molecular weight is 419 g/mol. The van der Waals surface area contributed by atoms with Crippen molar-refractivity contribution >= 4 is 50.8 Å². The molecule has 0 aliphatic carbocycles. The number of nitrogens with one attached hydrogen (secondary N) is 1. The number of hydrogen-bond donors (Lipinski definition) is 1. The lowest BCUT2D eigenvalue weighted by molar-refractivity contribution is -0.130. The van der Waals surface area contributed by atoms with Gasteiger partial charge in [-0.2, -0.15) is 0 Å². The normalized spacial score (nSPS) is 15.5. The second-order valence-corrected chi connectivity index (χ2v) is 8.42. The fraction of sp³-hybridized carbons (Fsp3) is 0.263. The molecule has 1 saturated heterocycles. The van der Waals surface area contributed by atoms with Gasteiger partial charge in [-0.1, -0.05) is 18.2 Å². The Morgan fingerprint density at radius 1 is 1.12 bits per heavy atom. The van der Waals surface area contributed by atoms with E-state index in [1.807, 2.05) is 53.4 Å². The molecular weight excluding hydrogens is 400 g/mol. The van der Waals surface area contributed by atoms with E-state index < -0.39 is 0 Å². The SMILES string of the molecule is O=C(Nc1ccccc1)C1CCN(C(=O)/C=C/c2ccc(Br)s2)CC1. The van der Waals surface area contributed by atoms with Gasteiger partial charge >= 0.3 is 0 Å². The molecule has 2 heterocycles. The van der Waals surface area contributed by atoms with E-state index in [9.17, 15) is 9.59 Å². The van der Waals surface area contributed by atoms with Crippen LogP contribution in [0.2, 0.25) is 0 Å². The van der Waals surface area contributed by atoms with Crippen LogP contribution in [0.15, 0.2) is 52.3 Å². The number of anilines is 1. The minimum absolute atomic E-state index is 0.00596. The van der Waals surface area contributed by atoms with Gasteiger partial charge in [-0.3, -0.25) is 9.59 Å². The molecule has 6 heteroatoms. The van der Waals surface area contributed by atoms with E-state index in [-0.39, 0.29) is 17.7 Å². The number of nitrogens with zero attached hydrogens (tertiary/aromatic N) is 1. The van der Waals surface area contributed by atoms with Crippen molar-refractivity contribution in [2.75, 3.05) is 18.4 Å². The van der Waals surface area contributed by atoms with Gasteiger partial charge in [0.15, 0.2) is 0 Å². The molecule has 25 heavy (non-hydrogen) atoms. The maximum absolute atomic E-state index is 12.3. The monoisotopic (exact) mass is 418 g/mol. The van der Waals surface area contributed by atoms with E-state index in [1.165, 1.54) is 0 Å². The highest BCUT2D eigenvalue weighted by molar-refractivity contribution is 9.11. The predicted molar refractivity (Wildman–Crippen MR) is 105 cm³/mol. The first-order valence-corrected chi connectivity index (χ1v) is 9.81. The quantitative estimate of drug-likeness (QED) is 0.747. The van der Waals surface area contributed by atoms with Crippen LogP contribution in [0.5, 0.6) is 0 Å². The lowest BCUT2D eigenvalue weighted by atomic mass is 9.95. The van der Waals surface area contributed by atoms with Crippen LogP contribution in [0.4, 0.5) is 5.69 Å². The minimum atomic E-state index is -0.0403. The molecule has 0 atom stereocenters. The van der Waals surface area contributed by atoms with Crippen LogP contribution in [-0.2, 0) is 9.59 Å². The summed E-state index contributed by atoms with van der Waals surface area (Å²) in [5.74, 6) is 0.00482. The summed E-state index contributed by atoms with van der Waals surface area (Å²) in [4.78, 5) is 27.5. The highest BCUT2D eigenvalue weighted by atomic mass is 79.9. The molecule has 1 N–H and O–H groups in total. The van der Waals surface area contributed by atoms with Crippen molar-refractivity contribution in [1.82, 2.24) is 4.90 Å². The minimum Gasteiger partial charge on any atom is -0.339 e. The van der Waals surface area contributed by atoms with Gasteiger partial charge in [-0.15, -0.1) is 11.3 Å². The van der Waals surface area contributed by atoms with Crippen LogP contribution in [-0.4, -0.2) is 29.8 Å². The zero-order chi connectivity index (χ0) is 17.6. The molecule has 1 aliphatic rings. The van der Waals surface area contributed by atoms with Gasteiger partial charge in [-0.05, 0) is 59.1 Å². The van der Waals surface area contributed by atoms with Gasteiger partial charge in [0, 0.05) is 35.6 Å². The third-order valence-corrected chi connectivity index (χ3v) is 5.79. The number of thiophene rings is 1. The summed E-state index contributed by atoms with van der Waals surface area (Å²) in [6, 6.07) is 13.4. The lowest BCUT2D eigenvalue weighted by Crippen LogP contribution is -2.40. The summed E-state index contributed by atoms with van der Waals surface area (Å²) >= 11 is 5.00. The number of hydrogen-bond acceptors (Lipinski definition) is 3. The smallest absolute Gasteiger partial charge is 0.246 e. The van der Waals surface area contributed by atoms with E-state index >= 15 is 0 Å². The van der Waals surface area contributed by atoms with Gasteiger partial charge in [0.1, 0.15) is 0 Å². The first-order chi connectivity index (χ1) is 12.1. The number of rotatable bonds is 4. The molecular formula is C19H19BrN2O2S. The number of halogens is 1. The number of benzene rings is 1. The molecule has 0 radical (unpaired) electrons. The van der Waals surface area contributed by atoms with E-state index in [0.29, 0.717) is 25.9 Å². The molecule has 2 amide bonds. The molecule has 1 fully saturated rings. The van der Waals surface area contributed by atoms with Crippen LogP contribution in [0.25, 0.3) is 6.08 Å². The van der Waals surface area contributed by atoms with Gasteiger partial charge in [0.2, 0.25) is 11.8 Å². The van der Waals surface area contributed by atoms with E-state index in [2.05, 4.69) is 21.2 Å². The van der Waals surface area contributed by atoms with Gasteiger partial charge < -0.3 is 10.2 Å². The maximum Gasteiger partial charge on any atom is 0.246 e. The van der Waals surface area contributed by atoms with Crippen LogP contribution in [0, 0.1) is 5.92 Å². The van der Waals surface area contributed by atoms with Crippen molar-refractivity contribution in [2.24, 2.45) is 5.92 Å². The average Bonchev–Trinajstić information content (AvgIpc) is 3.06. The largest absolute Gasteiger partial charge is 0.339 e. The Bertz CT molecular complexity index is 765. The summed E-state index contributed by atoms with van der Waals surface area (Å²) in [5, 5.41) is 2.95. The van der Waals surface area contributed by atoms with Crippen molar-refractivity contribution in [3.8, 4) is 0 Å². The Balaban J connectivity index is 1.48. The number of likely N-dealkylation sites (tertiary alicyclic amines) is 1. The lowest BCUT2D eigenvalue weighted by Gasteiger charge is -2.30. The zero-order valence-corrected chi connectivity index (χ0v) is 16.1. The van der Waals surface area contributed by atoms with Crippen LogP contribution in [0.3, 0.4) is 0 Å². The van der Waals surface area contributed by atoms with Crippen molar-refractivity contribution in [3.63, 3.8) is 0 Å². The molecule has 0 saturated carbocycles. The number of carbonyl (C=O) groups excluding carboxylic acids is 2. The second kappa shape index (κ2) is 8.45. The molecule has 2 aromatic rings. The van der Waals surface area contributed by atoms with Crippen molar-refractivity contribution in [1.29, 1.82) is 0 Å². The highest BCUT2D eigenvalue weighted by Crippen LogP contribution is 2.24. The molecule has 4 nitrogen and oxygen atoms in total. The summed E-state index contributed by atoms with van der Waals surface area (Å²) < 4.78 is 1.05. The van der Waals surface area contributed by atoms with E-state index in [4.69, 9.17) is 0 Å². The molecule has 130 valence electrons. The molecule has 3 rings (SSSR count). The van der Waals surface area contributed by atoms with Crippen molar-refractivity contribution in [3.05, 3.63) is 57.2 Å². The molecule has 1 aliphatic heterocycles. The Hall–Kier alpha value is -1.92. The fourth-order valence-electron chi connectivity index (χ4n) is 2.80. The molecule has 0 spiro atoms. The standard InChI is InChI=1S/C19H19BrN2O2S/c20-17-8-6-16(25-17)7-9-18(23)22-12-10-14(11-13-22)19(24)21-15-4-2-1-3-5-15/h1-9,14H,10-13H2,(H,21,24)/b9-7+. The molecule has 1 aromatic heterocycles. The molecule has 0 bridgehead atoms. The summed E-state index contributed by atoms with van der Waals surface area (Å²) in [6.07, 6.45) is 4.85. The number of piperidine rings is 1. The van der Waals surface area contributed by atoms with Crippen molar-refractivity contribution < 1.29 is 9.59 Å². The third-order valence-electron chi connectivity index (χ3n) is 4.20. The highest BCUT2D eigenvalue weighted by Gasteiger charge is 2.26. The first kappa shape index (κ1) is 17.9. The van der Waals surface area contributed by atoms with Gasteiger partial charge in [0.05, 0.1) is 3.79 Å². The third kappa shape index (κ3) is 5.03. The van der Waals surface area contributed by atoms with Crippen LogP contribution < -0.4 is 5.32 Å². The Morgan fingerprint density at radius 2 is 1.84 bits per heavy atom. The molecule has 1 aromatic carbocycles. The van der Waals surface area contributed by atoms with E-state index in [1.54, 1.807) is 17.4 Å². The Morgan fingerprint density at radius 3 is 2.48 bits per heavy atom. The topological polar surface area (TPSA) is 49.4 Å². The van der Waals surface area contributed by atoms with Crippen LogP contribution in [0.1, 0.15) is 17.7 Å². The fourth-order valence-corrected chi connectivity index (χ4v) is 4.13. The number of amides is 2. The van der Waals surface area contributed by atoms with Gasteiger partial charge in [-0.25, -0.2) is 0 Å². The number of para-hydroxylation sites is 1. The van der Waals surface area contributed by atoms with Crippen molar-refractivity contribution in [2.45, 2.75) is 12.8 Å². The van der Waals surface area contributed by atoms with Crippen LogP contribution >= 0.6 is 27.3 Å².